The summed E-state index contributed by atoms with van der Waals surface area (Å²) in [4.78, 5) is 11.9. The van der Waals surface area contributed by atoms with Gasteiger partial charge in [0.05, 0.1) is 6.61 Å². The molecule has 0 amide bonds. The molecule has 0 aliphatic heterocycles. The van der Waals surface area contributed by atoms with Crippen LogP contribution in [0.25, 0.3) is 0 Å². The molecule has 238 valence electrons. The van der Waals surface area contributed by atoms with Gasteiger partial charge < -0.3 is 4.74 Å². The van der Waals surface area contributed by atoms with E-state index < -0.39 is 0 Å². The molecule has 0 rings (SSSR count). The molecule has 0 spiro atoms. The maximum absolute atomic E-state index is 11.9. The smallest absolute Gasteiger partial charge is 0.330 e. The molecule has 0 N–H and O–H groups in total. The van der Waals surface area contributed by atoms with E-state index in [4.69, 9.17) is 4.74 Å². The maximum atomic E-state index is 11.9. The highest BCUT2D eigenvalue weighted by Crippen LogP contribution is 2.15. The van der Waals surface area contributed by atoms with Crippen molar-refractivity contribution in [3.63, 3.8) is 0 Å². The van der Waals surface area contributed by atoms with Crippen LogP contribution in [0.3, 0.4) is 0 Å². The Bertz CT molecular complexity index is 498. The van der Waals surface area contributed by atoms with Crippen molar-refractivity contribution >= 4 is 5.97 Å². The van der Waals surface area contributed by atoms with E-state index in [0.29, 0.717) is 6.61 Å². The highest BCUT2D eigenvalue weighted by Gasteiger charge is 1.98. The summed E-state index contributed by atoms with van der Waals surface area (Å²) in [6.45, 7) is 5.16. The molecule has 0 saturated heterocycles. The predicted molar refractivity (Wildman–Crippen MR) is 179 cm³/mol. The highest BCUT2D eigenvalue weighted by molar-refractivity contribution is 5.81. The fourth-order valence-corrected chi connectivity index (χ4v) is 5.68. The molecule has 0 aliphatic carbocycles. The van der Waals surface area contributed by atoms with Gasteiger partial charge in [-0.3, -0.25) is 0 Å². The molecule has 2 heteroatoms. The molecule has 0 saturated carbocycles. The average Bonchev–Trinajstić information content (AvgIpc) is 2.96. The second kappa shape index (κ2) is 36.2. The number of carbonyl (C=O) groups excluding carboxylic acids is 1. The number of hydrogen-bond donors (Lipinski definition) is 0. The van der Waals surface area contributed by atoms with Gasteiger partial charge in [-0.05, 0) is 19.3 Å². The minimum Gasteiger partial charge on any atom is -0.463 e. The third-order valence-corrected chi connectivity index (χ3v) is 8.47. The van der Waals surface area contributed by atoms with Gasteiger partial charge in [0.2, 0.25) is 0 Å². The van der Waals surface area contributed by atoms with Crippen LogP contribution in [0, 0.1) is 0 Å². The van der Waals surface area contributed by atoms with Crippen LogP contribution in [0.1, 0.15) is 219 Å². The monoisotopic (exact) mass is 563 g/mol. The first kappa shape index (κ1) is 39.2. The van der Waals surface area contributed by atoms with E-state index in [0.717, 1.165) is 12.8 Å². The van der Waals surface area contributed by atoms with Gasteiger partial charge in [-0.15, -0.1) is 0 Å². The summed E-state index contributed by atoms with van der Waals surface area (Å²) >= 11 is 0. The normalized spacial score (nSPS) is 11.6. The minimum atomic E-state index is -0.151. The summed E-state index contributed by atoms with van der Waals surface area (Å²) in [6, 6.07) is 0. The first-order chi connectivity index (χ1) is 19.8. The zero-order valence-electron chi connectivity index (χ0n) is 27.8. The lowest BCUT2D eigenvalue weighted by atomic mass is 10.0. The zero-order chi connectivity index (χ0) is 29.0. The average molecular weight is 563 g/mol. The quantitative estimate of drug-likeness (QED) is 0.0443. The second-order valence-corrected chi connectivity index (χ2v) is 12.6. The number of rotatable bonds is 34. The molecule has 0 radical (unpaired) electrons. The van der Waals surface area contributed by atoms with Crippen LogP contribution >= 0.6 is 0 Å². The summed E-state index contributed by atoms with van der Waals surface area (Å²) in [5.41, 5.74) is 0. The molecule has 0 heterocycles. The molecule has 2 nitrogen and oxygen atoms in total. The predicted octanol–water partition coefficient (Wildman–Crippen LogP) is 13.6. The number of hydrogen-bond acceptors (Lipinski definition) is 2. The van der Waals surface area contributed by atoms with Gasteiger partial charge >= 0.3 is 5.97 Å². The van der Waals surface area contributed by atoms with Gasteiger partial charge in [0.15, 0.2) is 0 Å². The molecule has 0 aromatic rings. The van der Waals surface area contributed by atoms with Crippen molar-refractivity contribution in [1.82, 2.24) is 0 Å². The molecule has 0 bridgehead atoms. The fraction of sp³-hybridized carbons (Fsp3) is 0.921. The van der Waals surface area contributed by atoms with Crippen molar-refractivity contribution in [2.24, 2.45) is 0 Å². The Balaban J connectivity index is 3.20. The van der Waals surface area contributed by atoms with Crippen molar-refractivity contribution in [3.05, 3.63) is 12.2 Å². The van der Waals surface area contributed by atoms with Gasteiger partial charge in [0, 0.05) is 6.08 Å². The molecular weight excluding hydrogens is 488 g/mol. The third-order valence-electron chi connectivity index (χ3n) is 8.47. The lowest BCUT2D eigenvalue weighted by Gasteiger charge is -2.04. The Hall–Kier alpha value is -0.790. The van der Waals surface area contributed by atoms with Crippen molar-refractivity contribution in [3.8, 4) is 0 Å². The van der Waals surface area contributed by atoms with E-state index in [1.54, 1.807) is 6.08 Å². The van der Waals surface area contributed by atoms with E-state index in [-0.39, 0.29) is 5.97 Å². The summed E-state index contributed by atoms with van der Waals surface area (Å²) in [6.07, 6.45) is 47.4. The number of unbranched alkanes of at least 4 members (excludes halogenated alkanes) is 30. The van der Waals surface area contributed by atoms with Gasteiger partial charge in [0.25, 0.3) is 0 Å². The molecule has 0 fully saturated rings. The van der Waals surface area contributed by atoms with E-state index >= 15 is 0 Å². The molecule has 0 aliphatic rings. The van der Waals surface area contributed by atoms with E-state index in [9.17, 15) is 4.79 Å². The molecule has 40 heavy (non-hydrogen) atoms. The SMILES string of the molecule is CCCCCCCCCCCCCCC/C=C\C(=O)OCCCCCCCCCCCCCCCCCCCC. The molecule has 0 aromatic heterocycles. The highest BCUT2D eigenvalue weighted by atomic mass is 16.5. The van der Waals surface area contributed by atoms with Crippen LogP contribution in [0.2, 0.25) is 0 Å². The third kappa shape index (κ3) is 35.2. The standard InChI is InChI=1S/C38H74O2/c1-3-5-7-9-11-13-15-17-19-20-21-23-25-27-29-31-33-35-37-40-38(39)36-34-32-30-28-26-24-22-18-16-14-12-10-8-6-4-2/h34,36H,3-33,35,37H2,1-2H3/b36-34-. The van der Waals surface area contributed by atoms with Crippen molar-refractivity contribution in [2.45, 2.75) is 219 Å². The van der Waals surface area contributed by atoms with Crippen LogP contribution in [0.5, 0.6) is 0 Å². The number of carbonyl (C=O) groups is 1. The largest absolute Gasteiger partial charge is 0.463 e. The molecule has 0 aromatic carbocycles. The van der Waals surface area contributed by atoms with Crippen LogP contribution in [0.4, 0.5) is 0 Å². The number of allylic oxidation sites excluding steroid dienone is 1. The summed E-state index contributed by atoms with van der Waals surface area (Å²) in [7, 11) is 0. The van der Waals surface area contributed by atoms with Crippen LogP contribution in [-0.4, -0.2) is 12.6 Å². The minimum absolute atomic E-state index is 0.151. The lowest BCUT2D eigenvalue weighted by Crippen LogP contribution is -2.02. The van der Waals surface area contributed by atoms with E-state index in [1.807, 2.05) is 6.08 Å². The second-order valence-electron chi connectivity index (χ2n) is 12.6. The summed E-state index contributed by atoms with van der Waals surface area (Å²) in [5, 5.41) is 0. The first-order valence-electron chi connectivity index (χ1n) is 18.6. The topological polar surface area (TPSA) is 26.3 Å². The summed E-state index contributed by atoms with van der Waals surface area (Å²) in [5.74, 6) is -0.151. The van der Waals surface area contributed by atoms with Gasteiger partial charge in [-0.2, -0.15) is 0 Å². The first-order valence-corrected chi connectivity index (χ1v) is 18.6. The summed E-state index contributed by atoms with van der Waals surface area (Å²) < 4.78 is 5.36. The van der Waals surface area contributed by atoms with Crippen molar-refractivity contribution in [2.75, 3.05) is 6.61 Å². The lowest BCUT2D eigenvalue weighted by molar-refractivity contribution is -0.137. The fourth-order valence-electron chi connectivity index (χ4n) is 5.68. The van der Waals surface area contributed by atoms with Crippen molar-refractivity contribution in [1.29, 1.82) is 0 Å². The van der Waals surface area contributed by atoms with Gasteiger partial charge in [-0.1, -0.05) is 206 Å². The Morgan fingerprint density at radius 2 is 0.675 bits per heavy atom. The zero-order valence-corrected chi connectivity index (χ0v) is 27.8. The van der Waals surface area contributed by atoms with Gasteiger partial charge in [0.1, 0.15) is 0 Å². The van der Waals surface area contributed by atoms with Crippen LogP contribution < -0.4 is 0 Å². The Morgan fingerprint density at radius 3 is 1.00 bits per heavy atom. The van der Waals surface area contributed by atoms with Crippen LogP contribution in [0.15, 0.2) is 12.2 Å². The Kier molecular flexibility index (Phi) is 35.5. The Morgan fingerprint density at radius 1 is 0.400 bits per heavy atom. The molecular formula is C38H74O2. The number of esters is 1. The van der Waals surface area contributed by atoms with Crippen molar-refractivity contribution < 1.29 is 9.53 Å². The number of ether oxygens (including phenoxy) is 1. The van der Waals surface area contributed by atoms with Gasteiger partial charge in [-0.25, -0.2) is 4.79 Å². The molecule has 0 unspecified atom stereocenters. The molecule has 0 atom stereocenters. The van der Waals surface area contributed by atoms with E-state index in [1.165, 1.54) is 193 Å². The Labute approximate surface area is 253 Å². The van der Waals surface area contributed by atoms with E-state index in [2.05, 4.69) is 13.8 Å². The van der Waals surface area contributed by atoms with Crippen LogP contribution in [-0.2, 0) is 9.53 Å². The maximum Gasteiger partial charge on any atom is 0.330 e.